The molecular formula is C15H22N2O4. The Morgan fingerprint density at radius 2 is 2.19 bits per heavy atom. The molecule has 1 N–H and O–H groups in total. The zero-order chi connectivity index (χ0) is 15.4. The van der Waals surface area contributed by atoms with Crippen LogP contribution in [0.2, 0.25) is 0 Å². The van der Waals surface area contributed by atoms with Crippen molar-refractivity contribution in [1.29, 1.82) is 0 Å². The van der Waals surface area contributed by atoms with Crippen LogP contribution in [0.5, 0.6) is 11.5 Å². The minimum Gasteiger partial charge on any atom is -0.865 e. The highest BCUT2D eigenvalue weighted by molar-refractivity contribution is 5.56. The second-order valence-electron chi connectivity index (χ2n) is 5.59. The van der Waals surface area contributed by atoms with E-state index in [0.29, 0.717) is 12.6 Å². The Bertz CT molecular complexity index is 519. The summed E-state index contributed by atoms with van der Waals surface area (Å²) in [6.45, 7) is 3.96. The van der Waals surface area contributed by atoms with Gasteiger partial charge in [0.25, 0.3) is 5.69 Å². The SMILES string of the molecule is CC[C@H]1CCCC[NH+]1Cc1cc(OC)c([O-])c([N+](=O)[O-])c1. The van der Waals surface area contributed by atoms with Crippen LogP contribution in [0.3, 0.4) is 0 Å². The summed E-state index contributed by atoms with van der Waals surface area (Å²) in [7, 11) is 1.37. The van der Waals surface area contributed by atoms with E-state index in [-0.39, 0.29) is 5.75 Å². The molecule has 6 heteroatoms. The number of nitro benzene ring substituents is 1. The van der Waals surface area contributed by atoms with E-state index in [1.807, 2.05) is 0 Å². The number of rotatable bonds is 5. The Labute approximate surface area is 124 Å². The fourth-order valence-electron chi connectivity index (χ4n) is 3.17. The largest absolute Gasteiger partial charge is 0.865 e. The van der Waals surface area contributed by atoms with Crippen molar-refractivity contribution < 1.29 is 19.7 Å². The average molecular weight is 294 g/mol. The summed E-state index contributed by atoms with van der Waals surface area (Å²) in [6, 6.07) is 3.64. The van der Waals surface area contributed by atoms with Gasteiger partial charge in [-0.15, -0.1) is 0 Å². The van der Waals surface area contributed by atoms with E-state index in [4.69, 9.17) is 4.74 Å². The van der Waals surface area contributed by atoms with Gasteiger partial charge >= 0.3 is 0 Å². The summed E-state index contributed by atoms with van der Waals surface area (Å²) in [4.78, 5) is 11.8. The maximum Gasteiger partial charge on any atom is 0.265 e. The van der Waals surface area contributed by atoms with Crippen molar-refractivity contribution in [3.63, 3.8) is 0 Å². The van der Waals surface area contributed by atoms with E-state index in [2.05, 4.69) is 6.92 Å². The van der Waals surface area contributed by atoms with Crippen LogP contribution in [0.25, 0.3) is 0 Å². The minimum atomic E-state index is -0.646. The van der Waals surface area contributed by atoms with Gasteiger partial charge in [-0.1, -0.05) is 6.92 Å². The Hall–Kier alpha value is -1.82. The monoisotopic (exact) mass is 294 g/mol. The van der Waals surface area contributed by atoms with Gasteiger partial charge in [-0.2, -0.15) is 0 Å². The molecule has 1 aromatic carbocycles. The fraction of sp³-hybridized carbons (Fsp3) is 0.600. The van der Waals surface area contributed by atoms with E-state index in [1.165, 1.54) is 37.3 Å². The molecule has 2 atom stereocenters. The van der Waals surface area contributed by atoms with Gasteiger partial charge in [-0.25, -0.2) is 0 Å². The van der Waals surface area contributed by atoms with Crippen LogP contribution in [-0.2, 0) is 6.54 Å². The lowest BCUT2D eigenvalue weighted by Crippen LogP contribution is -3.15. The third-order valence-electron chi connectivity index (χ3n) is 4.31. The van der Waals surface area contributed by atoms with Crippen molar-refractivity contribution in [2.24, 2.45) is 0 Å². The summed E-state index contributed by atoms with van der Waals surface area (Å²) in [5, 5.41) is 22.8. The van der Waals surface area contributed by atoms with Crippen LogP contribution in [0.15, 0.2) is 12.1 Å². The topological polar surface area (TPSA) is 79.9 Å². The van der Waals surface area contributed by atoms with Crippen LogP contribution in [0.1, 0.15) is 38.2 Å². The van der Waals surface area contributed by atoms with Crippen LogP contribution in [-0.4, -0.2) is 24.6 Å². The molecule has 1 aliphatic rings. The average Bonchev–Trinajstić information content (AvgIpc) is 2.49. The van der Waals surface area contributed by atoms with Gasteiger partial charge in [-0.3, -0.25) is 10.1 Å². The first kappa shape index (κ1) is 15.6. The number of ether oxygens (including phenoxy) is 1. The van der Waals surface area contributed by atoms with Gasteiger partial charge in [0, 0.05) is 17.4 Å². The molecule has 1 heterocycles. The lowest BCUT2D eigenvalue weighted by Gasteiger charge is -2.32. The number of likely N-dealkylation sites (tertiary alicyclic amines) is 1. The zero-order valence-corrected chi connectivity index (χ0v) is 12.6. The number of benzene rings is 1. The van der Waals surface area contributed by atoms with E-state index >= 15 is 0 Å². The number of hydrogen-bond acceptors (Lipinski definition) is 4. The number of quaternary nitrogens is 1. The van der Waals surface area contributed by atoms with Crippen LogP contribution < -0.4 is 14.7 Å². The summed E-state index contributed by atoms with van der Waals surface area (Å²) in [5.41, 5.74) is 0.405. The molecule has 0 aromatic heterocycles. The van der Waals surface area contributed by atoms with Crippen molar-refractivity contribution >= 4 is 5.69 Å². The highest BCUT2D eigenvalue weighted by Crippen LogP contribution is 2.34. The molecule has 1 fully saturated rings. The van der Waals surface area contributed by atoms with Gasteiger partial charge in [0.15, 0.2) is 0 Å². The minimum absolute atomic E-state index is 0.0589. The van der Waals surface area contributed by atoms with Crippen molar-refractivity contribution in [3.8, 4) is 11.5 Å². The number of nitrogens with zero attached hydrogens (tertiary/aromatic N) is 1. The van der Waals surface area contributed by atoms with Crippen molar-refractivity contribution in [1.82, 2.24) is 0 Å². The van der Waals surface area contributed by atoms with Crippen molar-refractivity contribution in [3.05, 3.63) is 27.8 Å². The predicted octanol–water partition coefficient (Wildman–Crippen LogP) is 1.02. The lowest BCUT2D eigenvalue weighted by atomic mass is 9.99. The first-order chi connectivity index (χ1) is 10.1. The normalized spacial score (nSPS) is 22.0. The second-order valence-corrected chi connectivity index (χ2v) is 5.59. The van der Waals surface area contributed by atoms with E-state index in [1.54, 1.807) is 6.07 Å². The Balaban J connectivity index is 2.26. The summed E-state index contributed by atoms with van der Waals surface area (Å²) >= 11 is 0. The van der Waals surface area contributed by atoms with E-state index in [9.17, 15) is 15.2 Å². The van der Waals surface area contributed by atoms with Crippen LogP contribution >= 0.6 is 0 Å². The number of methoxy groups -OCH3 is 1. The molecule has 1 saturated heterocycles. The molecule has 6 nitrogen and oxygen atoms in total. The Morgan fingerprint density at radius 1 is 1.43 bits per heavy atom. The smallest absolute Gasteiger partial charge is 0.265 e. The molecule has 1 aliphatic heterocycles. The third kappa shape index (κ3) is 3.44. The number of piperidine rings is 1. The summed E-state index contributed by atoms with van der Waals surface area (Å²) in [5.74, 6) is -0.587. The lowest BCUT2D eigenvalue weighted by molar-refractivity contribution is -0.944. The van der Waals surface area contributed by atoms with Gasteiger partial charge in [0.2, 0.25) is 0 Å². The zero-order valence-electron chi connectivity index (χ0n) is 12.6. The first-order valence-corrected chi connectivity index (χ1v) is 7.43. The number of hydrogen-bond donors (Lipinski definition) is 1. The second kappa shape index (κ2) is 6.76. The van der Waals surface area contributed by atoms with Gasteiger partial charge < -0.3 is 14.7 Å². The van der Waals surface area contributed by atoms with Gasteiger partial charge in [-0.05, 0) is 31.7 Å². The molecule has 1 aromatic rings. The van der Waals surface area contributed by atoms with Crippen molar-refractivity contribution in [2.45, 2.75) is 45.2 Å². The summed E-state index contributed by atoms with van der Waals surface area (Å²) < 4.78 is 4.99. The number of nitrogens with one attached hydrogen (secondary N) is 1. The molecule has 2 rings (SSSR count). The Morgan fingerprint density at radius 3 is 2.81 bits per heavy atom. The van der Waals surface area contributed by atoms with Crippen LogP contribution in [0, 0.1) is 10.1 Å². The fourth-order valence-corrected chi connectivity index (χ4v) is 3.17. The molecular weight excluding hydrogens is 272 g/mol. The molecule has 116 valence electrons. The molecule has 0 bridgehead atoms. The molecule has 0 spiro atoms. The molecule has 1 unspecified atom stereocenters. The molecule has 0 aliphatic carbocycles. The molecule has 0 radical (unpaired) electrons. The maximum atomic E-state index is 11.8. The molecule has 21 heavy (non-hydrogen) atoms. The van der Waals surface area contributed by atoms with Gasteiger partial charge in [0.05, 0.1) is 24.6 Å². The summed E-state index contributed by atoms with van der Waals surface area (Å²) in [6.07, 6.45) is 4.74. The highest BCUT2D eigenvalue weighted by Gasteiger charge is 2.25. The number of nitro groups is 1. The van der Waals surface area contributed by atoms with Crippen LogP contribution in [0.4, 0.5) is 5.69 Å². The van der Waals surface area contributed by atoms with E-state index < -0.39 is 16.4 Å². The first-order valence-electron chi connectivity index (χ1n) is 7.43. The maximum absolute atomic E-state index is 11.8. The van der Waals surface area contributed by atoms with E-state index in [0.717, 1.165) is 18.5 Å². The molecule has 0 amide bonds. The standard InChI is InChI=1S/C15H22N2O4/c1-3-12-6-4-5-7-16(12)10-11-8-13(17(19)20)15(18)14(9-11)21-2/h8-9,12,18H,3-7,10H2,1-2H3/t12-/m0/s1. The third-order valence-corrected chi connectivity index (χ3v) is 4.31. The van der Waals surface area contributed by atoms with Crippen molar-refractivity contribution in [2.75, 3.05) is 13.7 Å². The molecule has 0 saturated carbocycles. The highest BCUT2D eigenvalue weighted by atomic mass is 16.6. The van der Waals surface area contributed by atoms with Gasteiger partial charge in [0.1, 0.15) is 12.3 Å². The quantitative estimate of drug-likeness (QED) is 0.649. The predicted molar refractivity (Wildman–Crippen MR) is 76.6 cm³/mol. The Kier molecular flexibility index (Phi) is 5.01.